The Morgan fingerprint density at radius 2 is 1.71 bits per heavy atom. The van der Waals surface area contributed by atoms with Crippen molar-refractivity contribution in [1.82, 2.24) is 15.0 Å². The second-order valence-corrected chi connectivity index (χ2v) is 8.71. The van der Waals surface area contributed by atoms with Crippen LogP contribution in [0.4, 0.5) is 10.5 Å². The van der Waals surface area contributed by atoms with Gasteiger partial charge in [-0.15, -0.1) is 0 Å². The van der Waals surface area contributed by atoms with Crippen LogP contribution in [0.3, 0.4) is 0 Å². The molecule has 1 aromatic heterocycles. The third-order valence-corrected chi connectivity index (χ3v) is 4.90. The lowest BCUT2D eigenvalue weighted by atomic mass is 9.91. The topological polar surface area (TPSA) is 97.1 Å². The van der Waals surface area contributed by atoms with Gasteiger partial charge in [-0.2, -0.15) is 0 Å². The molecule has 1 unspecified atom stereocenters. The van der Waals surface area contributed by atoms with Crippen LogP contribution in [0.25, 0.3) is 0 Å². The highest BCUT2D eigenvalue weighted by Gasteiger charge is 2.44. The molecule has 2 saturated heterocycles. The van der Waals surface area contributed by atoms with E-state index in [9.17, 15) is 9.59 Å². The van der Waals surface area contributed by atoms with Gasteiger partial charge < -0.3 is 29.1 Å². The van der Waals surface area contributed by atoms with Crippen molar-refractivity contribution in [3.8, 4) is 0 Å². The minimum absolute atomic E-state index is 0.0797. The predicted molar refractivity (Wildman–Crippen MR) is 102 cm³/mol. The van der Waals surface area contributed by atoms with E-state index in [0.29, 0.717) is 56.4 Å². The van der Waals surface area contributed by atoms with Crippen molar-refractivity contribution in [2.75, 3.05) is 44.7 Å². The normalized spacial score (nSPS) is 23.2. The standard InChI is InChI=1S/C19H30N4O5/c1-13-16(14(2)28-21-13)20-17(25)23-7-9-27-19(12-23)11-22(6-8-26-19)15(24)10-18(3,4)5/h6-12H2,1-5H3,(H,20,25). The van der Waals surface area contributed by atoms with Crippen LogP contribution in [0.1, 0.15) is 38.6 Å². The fourth-order valence-electron chi connectivity index (χ4n) is 3.50. The van der Waals surface area contributed by atoms with E-state index in [4.69, 9.17) is 14.0 Å². The lowest BCUT2D eigenvalue weighted by molar-refractivity contribution is -0.284. The number of rotatable bonds is 2. The Labute approximate surface area is 165 Å². The number of nitrogens with zero attached hydrogens (tertiary/aromatic N) is 3. The van der Waals surface area contributed by atoms with Gasteiger partial charge in [0, 0.05) is 19.5 Å². The Bertz CT molecular complexity index is 718. The largest absolute Gasteiger partial charge is 0.359 e. The molecule has 3 amide bonds. The first-order valence-corrected chi connectivity index (χ1v) is 9.63. The molecule has 2 fully saturated rings. The lowest BCUT2D eigenvalue weighted by Gasteiger charge is -2.47. The highest BCUT2D eigenvalue weighted by atomic mass is 16.7. The van der Waals surface area contributed by atoms with Crippen LogP contribution in [0, 0.1) is 19.3 Å². The number of hydrogen-bond donors (Lipinski definition) is 1. The first-order chi connectivity index (χ1) is 13.1. The minimum Gasteiger partial charge on any atom is -0.359 e. The van der Waals surface area contributed by atoms with E-state index in [1.807, 2.05) is 20.8 Å². The molecular weight excluding hydrogens is 364 g/mol. The van der Waals surface area contributed by atoms with Gasteiger partial charge >= 0.3 is 6.03 Å². The molecule has 2 aliphatic heterocycles. The van der Waals surface area contributed by atoms with Crippen molar-refractivity contribution >= 4 is 17.6 Å². The molecule has 0 aromatic carbocycles. The van der Waals surface area contributed by atoms with Crippen LogP contribution in [-0.2, 0) is 14.3 Å². The summed E-state index contributed by atoms with van der Waals surface area (Å²) in [4.78, 5) is 28.8. The number of hydrogen-bond acceptors (Lipinski definition) is 6. The molecule has 1 aromatic rings. The highest BCUT2D eigenvalue weighted by molar-refractivity contribution is 5.90. The van der Waals surface area contributed by atoms with Gasteiger partial charge in [-0.05, 0) is 19.3 Å². The zero-order valence-electron chi connectivity index (χ0n) is 17.3. The van der Waals surface area contributed by atoms with E-state index in [2.05, 4.69) is 10.5 Å². The van der Waals surface area contributed by atoms with E-state index in [1.165, 1.54) is 0 Å². The Hall–Kier alpha value is -2.13. The number of urea groups is 1. The van der Waals surface area contributed by atoms with Crippen LogP contribution in [0.5, 0.6) is 0 Å². The monoisotopic (exact) mass is 394 g/mol. The number of ether oxygens (including phenoxy) is 2. The third kappa shape index (κ3) is 4.64. The van der Waals surface area contributed by atoms with E-state index in [-0.39, 0.29) is 23.9 Å². The summed E-state index contributed by atoms with van der Waals surface area (Å²) in [5.41, 5.74) is 1.12. The van der Waals surface area contributed by atoms with Crippen molar-refractivity contribution in [1.29, 1.82) is 0 Å². The maximum atomic E-state index is 12.8. The van der Waals surface area contributed by atoms with Crippen molar-refractivity contribution in [2.45, 2.75) is 46.8 Å². The van der Waals surface area contributed by atoms with E-state index in [1.54, 1.807) is 23.6 Å². The molecule has 1 N–H and O–H groups in total. The molecule has 2 aliphatic rings. The second kappa shape index (κ2) is 7.71. The fourth-order valence-corrected chi connectivity index (χ4v) is 3.50. The maximum Gasteiger partial charge on any atom is 0.322 e. The molecule has 3 rings (SSSR count). The SMILES string of the molecule is Cc1noc(C)c1NC(=O)N1CCOC2(CN(C(=O)CC(C)(C)C)CCO2)C1. The van der Waals surface area contributed by atoms with Crippen LogP contribution in [0.2, 0.25) is 0 Å². The van der Waals surface area contributed by atoms with Gasteiger partial charge in [-0.3, -0.25) is 4.79 Å². The molecule has 156 valence electrons. The summed E-state index contributed by atoms with van der Waals surface area (Å²) in [6, 6.07) is -0.265. The van der Waals surface area contributed by atoms with Crippen molar-refractivity contribution in [2.24, 2.45) is 5.41 Å². The highest BCUT2D eigenvalue weighted by Crippen LogP contribution is 2.28. The molecule has 1 atom stereocenters. The number of aromatic nitrogens is 1. The number of nitrogens with one attached hydrogen (secondary N) is 1. The fraction of sp³-hybridized carbons (Fsp3) is 0.737. The first-order valence-electron chi connectivity index (χ1n) is 9.63. The smallest absolute Gasteiger partial charge is 0.322 e. The first kappa shape index (κ1) is 20.6. The molecule has 0 bridgehead atoms. The molecule has 0 radical (unpaired) electrons. The lowest BCUT2D eigenvalue weighted by Crippen LogP contribution is -2.64. The van der Waals surface area contributed by atoms with E-state index in [0.717, 1.165) is 0 Å². The summed E-state index contributed by atoms with van der Waals surface area (Å²) >= 11 is 0. The van der Waals surface area contributed by atoms with Gasteiger partial charge in [0.25, 0.3) is 0 Å². The minimum atomic E-state index is -0.986. The molecule has 0 saturated carbocycles. The van der Waals surface area contributed by atoms with Crippen LogP contribution in [0.15, 0.2) is 4.52 Å². The predicted octanol–water partition coefficient (Wildman–Crippen LogP) is 2.15. The van der Waals surface area contributed by atoms with Gasteiger partial charge in [-0.1, -0.05) is 25.9 Å². The Balaban J connectivity index is 1.66. The second-order valence-electron chi connectivity index (χ2n) is 8.71. The summed E-state index contributed by atoms with van der Waals surface area (Å²) in [6.45, 7) is 11.9. The zero-order chi connectivity index (χ0) is 20.5. The summed E-state index contributed by atoms with van der Waals surface area (Å²) in [6.07, 6.45) is 0.458. The van der Waals surface area contributed by atoms with Gasteiger partial charge in [-0.25, -0.2) is 4.79 Å². The maximum absolute atomic E-state index is 12.8. The van der Waals surface area contributed by atoms with E-state index >= 15 is 0 Å². The number of amides is 3. The van der Waals surface area contributed by atoms with Gasteiger partial charge in [0.2, 0.25) is 11.7 Å². The average molecular weight is 394 g/mol. The Kier molecular flexibility index (Phi) is 5.67. The molecule has 9 heteroatoms. The van der Waals surface area contributed by atoms with Crippen molar-refractivity contribution in [3.05, 3.63) is 11.5 Å². The van der Waals surface area contributed by atoms with Crippen LogP contribution in [-0.4, -0.2) is 72.1 Å². The number of aryl methyl sites for hydroxylation is 2. The molecule has 28 heavy (non-hydrogen) atoms. The summed E-state index contributed by atoms with van der Waals surface area (Å²) in [5.74, 6) is -0.349. The van der Waals surface area contributed by atoms with Crippen LogP contribution < -0.4 is 5.32 Å². The number of carbonyl (C=O) groups is 2. The summed E-state index contributed by atoms with van der Waals surface area (Å²) in [7, 11) is 0. The van der Waals surface area contributed by atoms with Gasteiger partial charge in [0.15, 0.2) is 5.76 Å². The van der Waals surface area contributed by atoms with Gasteiger partial charge in [0.1, 0.15) is 11.4 Å². The summed E-state index contributed by atoms with van der Waals surface area (Å²) < 4.78 is 16.9. The molecule has 9 nitrogen and oxygen atoms in total. The van der Waals surface area contributed by atoms with Crippen molar-refractivity contribution < 1.29 is 23.6 Å². The number of anilines is 1. The molecular formula is C19H30N4O5. The van der Waals surface area contributed by atoms with Crippen LogP contribution >= 0.6 is 0 Å². The average Bonchev–Trinajstić information content (AvgIpc) is 2.92. The zero-order valence-corrected chi connectivity index (χ0v) is 17.3. The molecule has 1 spiro atoms. The van der Waals surface area contributed by atoms with E-state index < -0.39 is 5.79 Å². The number of carbonyl (C=O) groups excluding carboxylic acids is 2. The third-order valence-electron chi connectivity index (χ3n) is 4.90. The quantitative estimate of drug-likeness (QED) is 0.825. The number of morpholine rings is 2. The van der Waals surface area contributed by atoms with Crippen molar-refractivity contribution in [3.63, 3.8) is 0 Å². The van der Waals surface area contributed by atoms with Gasteiger partial charge in [0.05, 0.1) is 26.3 Å². The summed E-state index contributed by atoms with van der Waals surface area (Å²) in [5, 5.41) is 6.71. The Morgan fingerprint density at radius 1 is 1.11 bits per heavy atom. The Morgan fingerprint density at radius 3 is 2.29 bits per heavy atom. The molecule has 3 heterocycles. The molecule has 0 aliphatic carbocycles.